The van der Waals surface area contributed by atoms with Gasteiger partial charge in [-0.25, -0.2) is 4.79 Å². The average molecular weight is 457 g/mol. The van der Waals surface area contributed by atoms with E-state index in [9.17, 15) is 70.7 Å². The van der Waals surface area contributed by atoms with Gasteiger partial charge in [0.25, 0.3) is 0 Å². The van der Waals surface area contributed by atoms with Gasteiger partial charge in [0.05, 0.1) is 6.54 Å². The molecule has 0 aromatic carbocycles. The van der Waals surface area contributed by atoms with Crippen LogP contribution in [0.4, 0.5) is 70.7 Å². The maximum absolute atomic E-state index is 13.3. The molecule has 0 spiro atoms. The fourth-order valence-corrected chi connectivity index (χ4v) is 1.46. The van der Waals surface area contributed by atoms with Gasteiger partial charge in [0, 0.05) is 7.05 Å². The third-order valence-corrected chi connectivity index (χ3v) is 3.16. The van der Waals surface area contributed by atoms with Crippen LogP contribution in [0.3, 0.4) is 0 Å². The number of alkyl halides is 15. The number of hydrogen-bond donors (Lipinski definition) is 1. The van der Waals surface area contributed by atoms with Crippen molar-refractivity contribution in [2.24, 2.45) is 0 Å². The monoisotopic (exact) mass is 457 g/mol. The zero-order valence-electron chi connectivity index (χ0n) is 12.7. The summed E-state index contributed by atoms with van der Waals surface area (Å²) in [5, 5.41) is 8.17. The summed E-state index contributed by atoms with van der Waals surface area (Å²) in [6.07, 6.45) is -10.2. The lowest BCUT2D eigenvalue weighted by Gasteiger charge is -2.41. The molecule has 0 aromatic heterocycles. The summed E-state index contributed by atoms with van der Waals surface area (Å²) in [6, 6.07) is 0. The standard InChI is InChI=1S/C10H6F15NO2/c1-26(3(27)28)2-4(11,12)5(13,14)6(15,16)7(17,18)8(19,20)9(21,22)10(23,24)25/h2H2,1H3,(H,27,28). The van der Waals surface area contributed by atoms with E-state index in [0.29, 0.717) is 0 Å². The van der Waals surface area contributed by atoms with E-state index in [4.69, 9.17) is 5.11 Å². The minimum Gasteiger partial charge on any atom is -0.465 e. The Labute approximate surface area is 143 Å². The molecule has 0 radical (unpaired) electrons. The fourth-order valence-electron chi connectivity index (χ4n) is 1.46. The molecule has 18 heteroatoms. The van der Waals surface area contributed by atoms with Gasteiger partial charge in [-0.2, -0.15) is 65.9 Å². The Morgan fingerprint density at radius 3 is 1.21 bits per heavy atom. The van der Waals surface area contributed by atoms with Crippen LogP contribution in [0.15, 0.2) is 0 Å². The quantitative estimate of drug-likeness (QED) is 0.549. The predicted molar refractivity (Wildman–Crippen MR) is 56.4 cm³/mol. The lowest BCUT2D eigenvalue weighted by molar-refractivity contribution is -0.452. The zero-order valence-corrected chi connectivity index (χ0v) is 12.7. The lowest BCUT2D eigenvalue weighted by Crippen LogP contribution is -2.73. The normalized spacial score (nSPS) is 15.6. The van der Waals surface area contributed by atoms with Crippen LogP contribution in [-0.4, -0.2) is 71.4 Å². The molecule has 0 saturated carbocycles. The molecule has 0 bridgehead atoms. The number of hydrogen-bond acceptors (Lipinski definition) is 1. The van der Waals surface area contributed by atoms with Crippen molar-refractivity contribution in [3.05, 3.63) is 0 Å². The van der Waals surface area contributed by atoms with Crippen LogP contribution in [0.2, 0.25) is 0 Å². The smallest absolute Gasteiger partial charge is 0.460 e. The lowest BCUT2D eigenvalue weighted by atomic mass is 9.91. The zero-order chi connectivity index (χ0) is 23.4. The van der Waals surface area contributed by atoms with E-state index in [1.54, 1.807) is 0 Å². The molecule has 0 aliphatic rings. The van der Waals surface area contributed by atoms with Gasteiger partial charge in [-0.05, 0) is 0 Å². The van der Waals surface area contributed by atoms with Gasteiger partial charge in [0.1, 0.15) is 0 Å². The molecule has 0 rings (SSSR count). The Balaban J connectivity index is 6.43. The molecule has 1 amide bonds. The Morgan fingerprint density at radius 1 is 0.643 bits per heavy atom. The second kappa shape index (κ2) is 6.64. The van der Waals surface area contributed by atoms with E-state index in [-0.39, 0.29) is 7.05 Å². The second-order valence-electron chi connectivity index (χ2n) is 5.21. The Bertz CT molecular complexity index is 596. The van der Waals surface area contributed by atoms with E-state index < -0.39 is 59.2 Å². The van der Waals surface area contributed by atoms with Gasteiger partial charge in [0.15, 0.2) is 0 Å². The van der Waals surface area contributed by atoms with Crippen molar-refractivity contribution in [3.8, 4) is 0 Å². The molecule has 28 heavy (non-hydrogen) atoms. The van der Waals surface area contributed by atoms with Crippen LogP contribution in [-0.2, 0) is 0 Å². The molecule has 0 saturated heterocycles. The number of carboxylic acid groups (broad SMARTS) is 1. The van der Waals surface area contributed by atoms with Crippen molar-refractivity contribution in [2.45, 2.75) is 41.7 Å². The van der Waals surface area contributed by atoms with Gasteiger partial charge < -0.3 is 10.0 Å². The molecule has 0 atom stereocenters. The molecule has 168 valence electrons. The Morgan fingerprint density at radius 2 is 0.929 bits per heavy atom. The summed E-state index contributed by atoms with van der Waals surface area (Å²) in [5.74, 6) is -47.3. The SMILES string of the molecule is CN(CC(F)(F)C(F)(F)C(F)(F)C(F)(F)C(F)(F)C(F)(F)C(F)(F)F)C(=O)O. The van der Waals surface area contributed by atoms with Crippen molar-refractivity contribution in [3.63, 3.8) is 0 Å². The maximum atomic E-state index is 13.3. The van der Waals surface area contributed by atoms with E-state index in [0.717, 1.165) is 0 Å². The highest BCUT2D eigenvalue weighted by atomic mass is 19.4. The molecule has 0 fully saturated rings. The van der Waals surface area contributed by atoms with Crippen molar-refractivity contribution in [1.29, 1.82) is 0 Å². The summed E-state index contributed by atoms with van der Waals surface area (Å²) in [7, 11) is 0.00895. The van der Waals surface area contributed by atoms with Gasteiger partial charge in [0.2, 0.25) is 0 Å². The summed E-state index contributed by atoms with van der Waals surface area (Å²) in [4.78, 5) is 9.32. The van der Waals surface area contributed by atoms with Crippen LogP contribution in [0.5, 0.6) is 0 Å². The predicted octanol–water partition coefficient (Wildman–Crippen LogP) is 4.97. The van der Waals surface area contributed by atoms with E-state index in [1.807, 2.05) is 0 Å². The molecule has 0 aliphatic carbocycles. The first kappa shape index (κ1) is 26.2. The third kappa shape index (κ3) is 3.48. The molecule has 3 nitrogen and oxygen atoms in total. The summed E-state index contributed by atoms with van der Waals surface area (Å²) >= 11 is 0. The highest BCUT2D eigenvalue weighted by Gasteiger charge is 2.93. The van der Waals surface area contributed by atoms with Gasteiger partial charge >= 0.3 is 47.8 Å². The van der Waals surface area contributed by atoms with Gasteiger partial charge in [-0.3, -0.25) is 0 Å². The fraction of sp³-hybridized carbons (Fsp3) is 0.900. The highest BCUT2D eigenvalue weighted by molar-refractivity contribution is 5.64. The van der Waals surface area contributed by atoms with Crippen molar-refractivity contribution in [1.82, 2.24) is 4.90 Å². The van der Waals surface area contributed by atoms with Crippen molar-refractivity contribution >= 4 is 6.09 Å². The minimum absolute atomic E-state index is 0.00895. The van der Waals surface area contributed by atoms with Crippen LogP contribution >= 0.6 is 0 Å². The molecular formula is C10H6F15NO2. The average Bonchev–Trinajstić information content (AvgIpc) is 2.44. The van der Waals surface area contributed by atoms with Crippen LogP contribution < -0.4 is 0 Å². The van der Waals surface area contributed by atoms with Gasteiger partial charge in [-0.1, -0.05) is 0 Å². The number of rotatable bonds is 7. The molecule has 1 N–H and O–H groups in total. The number of halogens is 15. The van der Waals surface area contributed by atoms with Crippen molar-refractivity contribution in [2.75, 3.05) is 13.6 Å². The van der Waals surface area contributed by atoms with E-state index >= 15 is 0 Å². The van der Waals surface area contributed by atoms with Gasteiger partial charge in [-0.15, -0.1) is 0 Å². The number of carbonyl (C=O) groups is 1. The van der Waals surface area contributed by atoms with Crippen LogP contribution in [0, 0.1) is 0 Å². The highest BCUT2D eigenvalue weighted by Crippen LogP contribution is 2.62. The minimum atomic E-state index is -8.38. The molecule has 0 aliphatic heterocycles. The largest absolute Gasteiger partial charge is 0.465 e. The Kier molecular flexibility index (Phi) is 6.21. The molecule has 0 unspecified atom stereocenters. The first-order valence-corrected chi connectivity index (χ1v) is 6.10. The topological polar surface area (TPSA) is 40.5 Å². The number of nitrogens with zero attached hydrogens (tertiary/aromatic N) is 1. The van der Waals surface area contributed by atoms with Crippen LogP contribution in [0.1, 0.15) is 0 Å². The summed E-state index contributed by atoms with van der Waals surface area (Å²) < 4.78 is 192. The third-order valence-electron chi connectivity index (χ3n) is 3.16. The van der Waals surface area contributed by atoms with Crippen LogP contribution in [0.25, 0.3) is 0 Å². The summed E-state index contributed by atoms with van der Waals surface area (Å²) in [5.41, 5.74) is 0. The van der Waals surface area contributed by atoms with E-state index in [1.165, 1.54) is 0 Å². The Hall–Kier alpha value is -1.78. The van der Waals surface area contributed by atoms with E-state index in [2.05, 4.69) is 0 Å². The first-order valence-electron chi connectivity index (χ1n) is 6.10. The second-order valence-corrected chi connectivity index (χ2v) is 5.21. The number of amides is 1. The molecule has 0 aromatic rings. The first-order chi connectivity index (χ1) is 11.8. The maximum Gasteiger partial charge on any atom is 0.460 e. The van der Waals surface area contributed by atoms with Crippen molar-refractivity contribution < 1.29 is 75.8 Å². The molecular weight excluding hydrogens is 451 g/mol. The summed E-state index contributed by atoms with van der Waals surface area (Å²) in [6.45, 7) is -3.04. The molecule has 0 heterocycles.